The SMILES string of the molecule is CCCCC/C=C\C/C=C\C/C=C\C/C=C\CCCCCCCC(=O)NC(COP(=O)(O)OCC[N+](C)(C)C)C(/C=C\CCCCCCCCCCC)OC(=O)CCCCCCCCCCCCCCCCCCC/C=C/CCCCCCCC. The number of phosphoric acid groups is 1. The van der Waals surface area contributed by atoms with Gasteiger partial charge in [-0.25, -0.2) is 4.57 Å². The molecule has 0 saturated heterocycles. The monoisotopic (exact) mass is 1210 g/mol. The lowest BCUT2D eigenvalue weighted by atomic mass is 10.0. The van der Waals surface area contributed by atoms with Gasteiger partial charge in [-0.3, -0.25) is 18.6 Å². The van der Waals surface area contributed by atoms with Crippen LogP contribution < -0.4 is 5.32 Å². The van der Waals surface area contributed by atoms with Crippen molar-refractivity contribution < 1.29 is 37.3 Å². The Labute approximate surface area is 527 Å². The first-order chi connectivity index (χ1) is 41.4. The standard InChI is InChI=1S/C75H139N2O7P/c1-7-10-13-16-19-22-25-27-29-31-33-35-36-37-38-39-40-42-44-46-48-50-53-56-59-62-65-68-75(79)84-73(66-63-60-57-54-51-24-21-18-15-12-9-3)72(71-83-85(80,81)82-70-69-77(4,5)6)76-74(78)67-64-61-58-55-52-49-47-45-43-41-34-32-30-28-26-23-20-17-14-11-8-2/h20,23,27-30,34,41,45,47,63,66,72-73H,7-19,21-22,24-26,31-33,35-40,42-44,46,48-62,64-65,67-71H2,1-6H3,(H-,76,78,80,81)/p+1/b23-20-,29-27+,30-28-,41-34-,47-45-,66-63-. The quantitative estimate of drug-likeness (QED) is 0.0205. The van der Waals surface area contributed by atoms with Crippen LogP contribution in [0.15, 0.2) is 72.9 Å². The van der Waals surface area contributed by atoms with E-state index in [2.05, 4.69) is 86.8 Å². The summed E-state index contributed by atoms with van der Waals surface area (Å²) in [6, 6.07) is -0.860. The molecule has 0 fully saturated rings. The predicted octanol–water partition coefficient (Wildman–Crippen LogP) is 23.1. The number of ether oxygens (including phenoxy) is 1. The van der Waals surface area contributed by atoms with E-state index in [-0.39, 0.29) is 31.5 Å². The minimum Gasteiger partial charge on any atom is -0.456 e. The number of rotatable bonds is 66. The van der Waals surface area contributed by atoms with Crippen LogP contribution in [0.2, 0.25) is 0 Å². The smallest absolute Gasteiger partial charge is 0.456 e. The molecule has 0 bridgehead atoms. The van der Waals surface area contributed by atoms with Crippen molar-refractivity contribution in [2.45, 2.75) is 354 Å². The van der Waals surface area contributed by atoms with Gasteiger partial charge in [-0.2, -0.15) is 0 Å². The summed E-state index contributed by atoms with van der Waals surface area (Å²) in [6.45, 7) is 6.99. The van der Waals surface area contributed by atoms with Crippen molar-refractivity contribution in [1.82, 2.24) is 5.32 Å². The second kappa shape index (κ2) is 64.4. The highest BCUT2D eigenvalue weighted by Crippen LogP contribution is 2.43. The number of carbonyl (C=O) groups is 2. The van der Waals surface area contributed by atoms with Gasteiger partial charge in [-0.1, -0.05) is 299 Å². The third-order valence-electron chi connectivity index (χ3n) is 16.1. The molecular formula is C75H140N2O7P+. The van der Waals surface area contributed by atoms with Gasteiger partial charge in [0.15, 0.2) is 0 Å². The zero-order valence-electron chi connectivity index (χ0n) is 56.9. The number of carbonyl (C=O) groups excluding carboxylic acids is 2. The molecule has 0 aliphatic rings. The van der Waals surface area contributed by atoms with Crippen molar-refractivity contribution in [3.63, 3.8) is 0 Å². The van der Waals surface area contributed by atoms with E-state index in [0.717, 1.165) is 96.3 Å². The average Bonchev–Trinajstić information content (AvgIpc) is 3.57. The molecule has 0 spiro atoms. The van der Waals surface area contributed by atoms with E-state index in [9.17, 15) is 19.0 Å². The van der Waals surface area contributed by atoms with Gasteiger partial charge in [-0.05, 0) is 102 Å². The van der Waals surface area contributed by atoms with Crippen molar-refractivity contribution in [3.8, 4) is 0 Å². The van der Waals surface area contributed by atoms with E-state index in [1.165, 1.54) is 212 Å². The van der Waals surface area contributed by atoms with Crippen LogP contribution in [0, 0.1) is 0 Å². The van der Waals surface area contributed by atoms with E-state index in [4.69, 9.17) is 13.8 Å². The number of esters is 1. The Balaban J connectivity index is 5.00. The fourth-order valence-electron chi connectivity index (χ4n) is 10.5. The third-order valence-corrected chi connectivity index (χ3v) is 17.1. The Morgan fingerprint density at radius 3 is 1.11 bits per heavy atom. The van der Waals surface area contributed by atoms with Gasteiger partial charge in [0, 0.05) is 12.8 Å². The van der Waals surface area contributed by atoms with Crippen LogP contribution in [0.4, 0.5) is 0 Å². The van der Waals surface area contributed by atoms with Gasteiger partial charge in [-0.15, -0.1) is 0 Å². The lowest BCUT2D eigenvalue weighted by Gasteiger charge is -2.27. The van der Waals surface area contributed by atoms with Crippen LogP contribution >= 0.6 is 7.82 Å². The number of hydrogen-bond acceptors (Lipinski definition) is 6. The first kappa shape index (κ1) is 82.5. The Morgan fingerprint density at radius 1 is 0.412 bits per heavy atom. The molecule has 3 atom stereocenters. The molecule has 0 radical (unpaired) electrons. The van der Waals surface area contributed by atoms with Crippen LogP contribution in [0.1, 0.15) is 342 Å². The minimum atomic E-state index is -4.46. The van der Waals surface area contributed by atoms with Crippen LogP contribution in [0.5, 0.6) is 0 Å². The number of quaternary nitrogens is 1. The predicted molar refractivity (Wildman–Crippen MR) is 369 cm³/mol. The van der Waals surface area contributed by atoms with Crippen molar-refractivity contribution >= 4 is 19.7 Å². The number of unbranched alkanes of at least 4 members (excludes halogenated alkanes) is 40. The first-order valence-corrected chi connectivity index (χ1v) is 37.8. The van der Waals surface area contributed by atoms with Gasteiger partial charge >= 0.3 is 13.8 Å². The molecule has 0 aliphatic carbocycles. The molecule has 0 aromatic heterocycles. The summed E-state index contributed by atoms with van der Waals surface area (Å²) in [7, 11) is 1.49. The molecule has 85 heavy (non-hydrogen) atoms. The Morgan fingerprint density at radius 2 is 0.718 bits per heavy atom. The number of nitrogens with zero attached hydrogens (tertiary/aromatic N) is 1. The molecule has 0 saturated carbocycles. The van der Waals surface area contributed by atoms with Crippen molar-refractivity contribution in [2.75, 3.05) is 40.9 Å². The summed E-state index contributed by atoms with van der Waals surface area (Å²) in [4.78, 5) is 37.9. The molecule has 0 rings (SSSR count). The lowest BCUT2D eigenvalue weighted by Crippen LogP contribution is -2.47. The maximum absolute atomic E-state index is 13.6. The average molecular weight is 1210 g/mol. The van der Waals surface area contributed by atoms with Crippen LogP contribution in [0.3, 0.4) is 0 Å². The van der Waals surface area contributed by atoms with E-state index in [1.54, 1.807) is 0 Å². The third kappa shape index (κ3) is 65.7. The molecule has 0 heterocycles. The summed E-state index contributed by atoms with van der Waals surface area (Å²) in [6.07, 6.45) is 85.0. The Kier molecular flexibility index (Phi) is 62.5. The first-order valence-electron chi connectivity index (χ1n) is 36.3. The zero-order valence-corrected chi connectivity index (χ0v) is 57.7. The summed E-state index contributed by atoms with van der Waals surface area (Å²) < 4.78 is 30.8. The molecule has 0 aromatic carbocycles. The highest BCUT2D eigenvalue weighted by molar-refractivity contribution is 7.47. The fraction of sp³-hybridized carbons (Fsp3) is 0.813. The van der Waals surface area contributed by atoms with E-state index < -0.39 is 20.0 Å². The molecular weight excluding hydrogens is 1070 g/mol. The molecule has 10 heteroatoms. The summed E-state index contributed by atoms with van der Waals surface area (Å²) in [5.41, 5.74) is 0. The second-order valence-corrected chi connectivity index (χ2v) is 27.2. The van der Waals surface area contributed by atoms with Crippen molar-refractivity contribution in [2.24, 2.45) is 0 Å². The number of likely N-dealkylation sites (N-methyl/N-ethyl adjacent to an activating group) is 1. The van der Waals surface area contributed by atoms with Gasteiger partial charge in [0.2, 0.25) is 5.91 Å². The summed E-state index contributed by atoms with van der Waals surface area (Å²) in [5, 5.41) is 3.06. The molecule has 9 nitrogen and oxygen atoms in total. The van der Waals surface area contributed by atoms with Crippen LogP contribution in [-0.4, -0.2) is 74.3 Å². The number of hydrogen-bond donors (Lipinski definition) is 2. The summed E-state index contributed by atoms with van der Waals surface area (Å²) >= 11 is 0. The normalized spacial score (nSPS) is 13.9. The highest BCUT2D eigenvalue weighted by atomic mass is 31.2. The zero-order chi connectivity index (χ0) is 62.1. The molecule has 3 unspecified atom stereocenters. The van der Waals surface area contributed by atoms with Gasteiger partial charge in [0.1, 0.15) is 19.3 Å². The highest BCUT2D eigenvalue weighted by Gasteiger charge is 2.30. The topological polar surface area (TPSA) is 111 Å². The van der Waals surface area contributed by atoms with Crippen molar-refractivity contribution in [3.05, 3.63) is 72.9 Å². The maximum Gasteiger partial charge on any atom is 0.472 e. The van der Waals surface area contributed by atoms with E-state index >= 15 is 0 Å². The molecule has 1 amide bonds. The molecule has 0 aliphatic heterocycles. The van der Waals surface area contributed by atoms with E-state index in [0.29, 0.717) is 17.4 Å². The van der Waals surface area contributed by atoms with Crippen molar-refractivity contribution in [1.29, 1.82) is 0 Å². The number of allylic oxidation sites excluding steroid dienone is 11. The number of amides is 1. The van der Waals surface area contributed by atoms with Gasteiger partial charge in [0.25, 0.3) is 0 Å². The minimum absolute atomic E-state index is 0.0351. The fourth-order valence-corrected chi connectivity index (χ4v) is 11.2. The second-order valence-electron chi connectivity index (χ2n) is 25.8. The van der Waals surface area contributed by atoms with Crippen LogP contribution in [-0.2, 0) is 27.9 Å². The van der Waals surface area contributed by atoms with Gasteiger partial charge < -0.3 is 19.4 Å². The maximum atomic E-state index is 13.6. The largest absolute Gasteiger partial charge is 0.472 e. The molecule has 496 valence electrons. The lowest BCUT2D eigenvalue weighted by molar-refractivity contribution is -0.870. The number of phosphoric ester groups is 1. The van der Waals surface area contributed by atoms with E-state index in [1.807, 2.05) is 33.3 Å². The molecule has 0 aromatic rings. The number of nitrogens with one attached hydrogen (secondary N) is 1. The van der Waals surface area contributed by atoms with Crippen LogP contribution in [0.25, 0.3) is 0 Å². The summed E-state index contributed by atoms with van der Waals surface area (Å²) in [5.74, 6) is -0.516. The van der Waals surface area contributed by atoms with Gasteiger partial charge in [0.05, 0.1) is 33.8 Å². The Bertz CT molecular complexity index is 1680. The Hall–Kier alpha value is -2.55. The molecule has 2 N–H and O–H groups in total.